The van der Waals surface area contributed by atoms with Gasteiger partial charge in [-0.05, 0) is 12.1 Å². The zero-order valence-corrected chi connectivity index (χ0v) is 11.5. The maximum atomic E-state index is 12.4. The average Bonchev–Trinajstić information content (AvgIpc) is 2.80. The highest BCUT2D eigenvalue weighted by Gasteiger charge is 2.32. The van der Waals surface area contributed by atoms with Gasteiger partial charge in [-0.1, -0.05) is 11.3 Å². The molecule has 0 fully saturated rings. The van der Waals surface area contributed by atoms with Gasteiger partial charge in [0.25, 0.3) is 5.91 Å². The first-order valence-electron chi connectivity index (χ1n) is 5.60. The minimum atomic E-state index is -4.52. The fraction of sp³-hybridized carbons (Fsp3) is 0.182. The van der Waals surface area contributed by atoms with Gasteiger partial charge in [-0.25, -0.2) is 9.97 Å². The summed E-state index contributed by atoms with van der Waals surface area (Å²) in [6.07, 6.45) is -3.59. The normalized spacial score (nSPS) is 11.2. The Kier molecular flexibility index (Phi) is 3.98. The second-order valence-electron chi connectivity index (χ2n) is 3.87. The number of aromatic nitrogens is 2. The summed E-state index contributed by atoms with van der Waals surface area (Å²) < 4.78 is 37.1. The van der Waals surface area contributed by atoms with Crippen molar-refractivity contribution in [3.63, 3.8) is 0 Å². The van der Waals surface area contributed by atoms with Gasteiger partial charge in [0.05, 0.1) is 11.9 Å². The first-order chi connectivity index (χ1) is 9.81. The highest BCUT2D eigenvalue weighted by Crippen LogP contribution is 2.28. The largest absolute Gasteiger partial charge is 0.433 e. The van der Waals surface area contributed by atoms with Gasteiger partial charge in [-0.15, -0.1) is 0 Å². The smallest absolute Gasteiger partial charge is 0.382 e. The van der Waals surface area contributed by atoms with E-state index in [-0.39, 0.29) is 16.4 Å². The molecule has 0 radical (unpaired) electrons. The highest BCUT2D eigenvalue weighted by molar-refractivity contribution is 7.18. The van der Waals surface area contributed by atoms with E-state index in [1.807, 2.05) is 0 Å². The van der Waals surface area contributed by atoms with Gasteiger partial charge >= 0.3 is 6.18 Å². The van der Waals surface area contributed by atoms with E-state index in [2.05, 4.69) is 20.6 Å². The number of anilines is 3. The van der Waals surface area contributed by atoms with Gasteiger partial charge in [0.2, 0.25) is 0 Å². The third-order valence-corrected chi connectivity index (χ3v) is 3.47. The van der Waals surface area contributed by atoms with Gasteiger partial charge in [-0.2, -0.15) is 13.2 Å². The molecule has 0 saturated heterocycles. The van der Waals surface area contributed by atoms with Gasteiger partial charge in [0.15, 0.2) is 5.13 Å². The lowest BCUT2D eigenvalue weighted by Gasteiger charge is -2.07. The Bertz CT molecular complexity index is 653. The molecule has 4 N–H and O–H groups in total. The molecule has 2 heterocycles. The number of alkyl halides is 3. The molecule has 10 heteroatoms. The number of hydrogen-bond acceptors (Lipinski definition) is 6. The minimum absolute atomic E-state index is 0.0433. The number of rotatable bonds is 3. The van der Waals surface area contributed by atoms with Crippen LogP contribution in [0.3, 0.4) is 0 Å². The van der Waals surface area contributed by atoms with Crippen LogP contribution in [0.2, 0.25) is 0 Å². The SMILES string of the molecule is CNc1nc(N)c(C(=O)Nc2ccc(C(F)(F)F)nc2)s1. The fourth-order valence-corrected chi connectivity index (χ4v) is 2.16. The van der Waals surface area contributed by atoms with Crippen molar-refractivity contribution in [2.75, 3.05) is 23.4 Å². The molecule has 1 amide bonds. The van der Waals surface area contributed by atoms with Crippen molar-refractivity contribution in [3.05, 3.63) is 28.9 Å². The van der Waals surface area contributed by atoms with Gasteiger partial charge < -0.3 is 16.4 Å². The van der Waals surface area contributed by atoms with Crippen LogP contribution in [-0.4, -0.2) is 22.9 Å². The van der Waals surface area contributed by atoms with Crippen LogP contribution >= 0.6 is 11.3 Å². The molecule has 0 aliphatic carbocycles. The van der Waals surface area contributed by atoms with Crippen LogP contribution < -0.4 is 16.4 Å². The Hall–Kier alpha value is -2.36. The van der Waals surface area contributed by atoms with E-state index in [4.69, 9.17) is 5.73 Å². The average molecular weight is 317 g/mol. The van der Waals surface area contributed by atoms with Gasteiger partial charge in [0.1, 0.15) is 16.4 Å². The maximum Gasteiger partial charge on any atom is 0.433 e. The van der Waals surface area contributed by atoms with Crippen LogP contribution in [0.25, 0.3) is 0 Å². The molecule has 2 rings (SSSR count). The number of hydrogen-bond donors (Lipinski definition) is 3. The van der Waals surface area contributed by atoms with E-state index >= 15 is 0 Å². The molecule has 21 heavy (non-hydrogen) atoms. The number of thiazole rings is 1. The topological polar surface area (TPSA) is 92.9 Å². The third-order valence-electron chi connectivity index (χ3n) is 2.39. The number of amides is 1. The Balaban J connectivity index is 2.14. The molecule has 112 valence electrons. The summed E-state index contributed by atoms with van der Waals surface area (Å²) in [4.78, 5) is 19.3. The van der Waals surface area contributed by atoms with Gasteiger partial charge in [-0.3, -0.25) is 4.79 Å². The molecular weight excluding hydrogens is 307 g/mol. The van der Waals surface area contributed by atoms with Crippen LogP contribution in [0.5, 0.6) is 0 Å². The minimum Gasteiger partial charge on any atom is -0.382 e. The Labute approximate surface area is 121 Å². The van der Waals surface area contributed by atoms with E-state index in [0.717, 1.165) is 29.7 Å². The summed E-state index contributed by atoms with van der Waals surface area (Å²) >= 11 is 1.03. The van der Waals surface area contributed by atoms with E-state index in [1.165, 1.54) is 0 Å². The molecule has 2 aromatic heterocycles. The van der Waals surface area contributed by atoms with Crippen molar-refractivity contribution in [2.24, 2.45) is 0 Å². The van der Waals surface area contributed by atoms with E-state index in [1.54, 1.807) is 7.05 Å². The maximum absolute atomic E-state index is 12.4. The zero-order valence-electron chi connectivity index (χ0n) is 10.7. The zero-order chi connectivity index (χ0) is 15.6. The van der Waals surface area contributed by atoms with Crippen LogP contribution in [-0.2, 0) is 6.18 Å². The molecule has 0 aliphatic rings. The second-order valence-corrected chi connectivity index (χ2v) is 4.87. The summed E-state index contributed by atoms with van der Waals surface area (Å²) in [6.45, 7) is 0. The standard InChI is InChI=1S/C11H10F3N5OS/c1-16-10-19-8(15)7(21-10)9(20)18-5-2-3-6(17-4-5)11(12,13)14/h2-4H,15H2,1H3,(H,16,19)(H,18,20). The lowest BCUT2D eigenvalue weighted by Crippen LogP contribution is -2.13. The molecule has 0 saturated carbocycles. The number of carbonyl (C=O) groups excluding carboxylic acids is 1. The van der Waals surface area contributed by atoms with E-state index in [9.17, 15) is 18.0 Å². The number of carbonyl (C=O) groups is 1. The summed E-state index contributed by atoms with van der Waals surface area (Å²) in [6, 6.07) is 1.90. The number of halogens is 3. The van der Waals surface area contributed by atoms with Crippen molar-refractivity contribution < 1.29 is 18.0 Å². The van der Waals surface area contributed by atoms with Crippen LogP contribution in [0.1, 0.15) is 15.4 Å². The molecule has 0 bridgehead atoms. The monoisotopic (exact) mass is 317 g/mol. The second kappa shape index (κ2) is 5.56. The molecule has 6 nitrogen and oxygen atoms in total. The lowest BCUT2D eigenvalue weighted by atomic mass is 10.3. The predicted molar refractivity (Wildman–Crippen MR) is 73.3 cm³/mol. The lowest BCUT2D eigenvalue weighted by molar-refractivity contribution is -0.141. The number of nitrogens with zero attached hydrogens (tertiary/aromatic N) is 2. The van der Waals surface area contributed by atoms with E-state index < -0.39 is 17.8 Å². The van der Waals surface area contributed by atoms with Crippen molar-refractivity contribution in [1.29, 1.82) is 0 Å². The highest BCUT2D eigenvalue weighted by atomic mass is 32.1. The molecule has 0 unspecified atom stereocenters. The Morgan fingerprint density at radius 3 is 2.57 bits per heavy atom. The van der Waals surface area contributed by atoms with Crippen LogP contribution in [0, 0.1) is 0 Å². The Morgan fingerprint density at radius 1 is 1.38 bits per heavy atom. The van der Waals surface area contributed by atoms with Crippen molar-refractivity contribution >= 4 is 33.9 Å². The molecular formula is C11H10F3N5OS. The number of nitrogens with two attached hydrogens (primary N) is 1. The van der Waals surface area contributed by atoms with E-state index in [0.29, 0.717) is 5.13 Å². The summed E-state index contributed by atoms with van der Waals surface area (Å²) in [5.41, 5.74) is 4.69. The molecule has 0 atom stereocenters. The molecule has 2 aromatic rings. The fourth-order valence-electron chi connectivity index (χ4n) is 1.42. The number of pyridine rings is 1. The summed E-state index contributed by atoms with van der Waals surface area (Å²) in [5, 5.41) is 5.61. The molecule has 0 aliphatic heterocycles. The first-order valence-corrected chi connectivity index (χ1v) is 6.41. The Morgan fingerprint density at radius 2 is 2.10 bits per heavy atom. The molecule has 0 spiro atoms. The summed E-state index contributed by atoms with van der Waals surface area (Å²) in [5.74, 6) is -0.519. The predicted octanol–water partition coefficient (Wildman–Crippen LogP) is 2.43. The van der Waals surface area contributed by atoms with Gasteiger partial charge in [0, 0.05) is 7.05 Å². The summed E-state index contributed by atoms with van der Waals surface area (Å²) in [7, 11) is 1.62. The number of nitrogen functional groups attached to an aromatic ring is 1. The quantitative estimate of drug-likeness (QED) is 0.808. The number of nitrogens with one attached hydrogen (secondary N) is 2. The molecule has 0 aromatic carbocycles. The van der Waals surface area contributed by atoms with Crippen LogP contribution in [0.15, 0.2) is 18.3 Å². The van der Waals surface area contributed by atoms with Crippen molar-refractivity contribution in [1.82, 2.24) is 9.97 Å². The first kappa shape index (κ1) is 15.0. The van der Waals surface area contributed by atoms with Crippen LogP contribution in [0.4, 0.5) is 29.8 Å². The third kappa shape index (κ3) is 3.40. The van der Waals surface area contributed by atoms with Crippen molar-refractivity contribution in [3.8, 4) is 0 Å². The van der Waals surface area contributed by atoms with Crippen molar-refractivity contribution in [2.45, 2.75) is 6.18 Å².